The third-order valence-corrected chi connectivity index (χ3v) is 10.7. The Hall–Kier alpha value is -1.68. The lowest BCUT2D eigenvalue weighted by Gasteiger charge is -2.46. The quantitative estimate of drug-likeness (QED) is 0.394. The van der Waals surface area contributed by atoms with Gasteiger partial charge in [-0.1, -0.05) is 107 Å². The van der Waals surface area contributed by atoms with Gasteiger partial charge < -0.3 is 9.53 Å². The minimum absolute atomic E-state index is 0.0850. The third kappa shape index (κ3) is 5.69. The van der Waals surface area contributed by atoms with Crippen molar-refractivity contribution in [1.29, 1.82) is 0 Å². The maximum atomic E-state index is 11.0. The molecule has 0 fully saturated rings. The number of aliphatic hydroxyl groups excluding tert-OH is 1. The largest absolute Gasteiger partial charge is 0.402 e. The number of unbranched alkanes of at least 4 members (excludes halogenated alkanes) is 1. The summed E-state index contributed by atoms with van der Waals surface area (Å²) < 4.78 is 7.19. The number of rotatable bonds is 11. The van der Waals surface area contributed by atoms with E-state index in [0.29, 0.717) is 6.42 Å². The Morgan fingerprint density at radius 3 is 1.90 bits per heavy atom. The predicted molar refractivity (Wildman–Crippen MR) is 127 cm³/mol. The lowest BCUT2D eigenvalue weighted by Crippen LogP contribution is -2.68. The van der Waals surface area contributed by atoms with Gasteiger partial charge >= 0.3 is 0 Å². The molecule has 29 heavy (non-hydrogen) atoms. The summed E-state index contributed by atoms with van der Waals surface area (Å²) in [5.41, 5.74) is 0. The van der Waals surface area contributed by atoms with Crippen LogP contribution in [0.3, 0.4) is 0 Å². The normalized spacial score (nSPS) is 14.4. The minimum atomic E-state index is -2.65. The Morgan fingerprint density at radius 1 is 0.966 bits per heavy atom. The van der Waals surface area contributed by atoms with E-state index in [1.165, 1.54) is 10.4 Å². The lowest BCUT2D eigenvalue weighted by atomic mass is 10.0. The highest BCUT2D eigenvalue weighted by Gasteiger charge is 2.51. The summed E-state index contributed by atoms with van der Waals surface area (Å²) in [5, 5.41) is 13.5. The van der Waals surface area contributed by atoms with E-state index in [0.717, 1.165) is 25.7 Å². The van der Waals surface area contributed by atoms with Gasteiger partial charge in [0.25, 0.3) is 8.32 Å². The zero-order valence-corrected chi connectivity index (χ0v) is 19.6. The van der Waals surface area contributed by atoms with Crippen LogP contribution in [0.2, 0.25) is 5.04 Å². The van der Waals surface area contributed by atoms with E-state index in [9.17, 15) is 5.11 Å². The van der Waals surface area contributed by atoms with Crippen LogP contribution < -0.4 is 10.4 Å². The summed E-state index contributed by atoms with van der Waals surface area (Å²) in [4.78, 5) is 0. The molecular weight excluding hydrogens is 372 g/mol. The number of benzene rings is 2. The molecule has 0 bridgehead atoms. The summed E-state index contributed by atoms with van der Waals surface area (Å²) >= 11 is 0. The molecule has 2 aromatic carbocycles. The van der Waals surface area contributed by atoms with Gasteiger partial charge in [-0.25, -0.2) is 0 Å². The Kier molecular flexibility index (Phi) is 8.88. The van der Waals surface area contributed by atoms with Gasteiger partial charge in [0, 0.05) is 0 Å². The fraction of sp³-hybridized carbons (Fsp3) is 0.462. The highest BCUT2D eigenvalue weighted by atomic mass is 28.4. The Labute approximate surface area is 178 Å². The molecule has 158 valence electrons. The van der Waals surface area contributed by atoms with Gasteiger partial charge in [-0.05, 0) is 34.7 Å². The fourth-order valence-electron chi connectivity index (χ4n) is 4.13. The molecule has 0 amide bonds. The molecule has 1 N–H and O–H groups in total. The van der Waals surface area contributed by atoms with Gasteiger partial charge in [0.15, 0.2) is 0 Å². The van der Waals surface area contributed by atoms with Crippen molar-refractivity contribution in [2.45, 2.75) is 77.0 Å². The van der Waals surface area contributed by atoms with Gasteiger partial charge in [-0.2, -0.15) is 0 Å². The average molecular weight is 411 g/mol. The number of aliphatic hydroxyl groups is 1. The van der Waals surface area contributed by atoms with Gasteiger partial charge in [0.2, 0.25) is 0 Å². The van der Waals surface area contributed by atoms with Crippen molar-refractivity contribution in [2.24, 2.45) is 0 Å². The van der Waals surface area contributed by atoms with E-state index in [2.05, 4.69) is 94.9 Å². The van der Waals surface area contributed by atoms with Crippen LogP contribution in [0.15, 0.2) is 73.3 Å². The molecule has 0 saturated heterocycles. The fourth-order valence-corrected chi connectivity index (χ4v) is 8.87. The molecule has 0 saturated carbocycles. The van der Waals surface area contributed by atoms with E-state index in [-0.39, 0.29) is 11.1 Å². The minimum Gasteiger partial charge on any atom is -0.402 e. The molecule has 0 heterocycles. The zero-order valence-electron chi connectivity index (χ0n) is 18.6. The van der Waals surface area contributed by atoms with Gasteiger partial charge in [0.1, 0.15) is 0 Å². The van der Waals surface area contributed by atoms with E-state index >= 15 is 0 Å². The zero-order chi connectivity index (χ0) is 21.3. The molecule has 2 atom stereocenters. The van der Waals surface area contributed by atoms with Crippen molar-refractivity contribution in [3.05, 3.63) is 73.3 Å². The van der Waals surface area contributed by atoms with E-state index in [1.807, 2.05) is 6.08 Å². The van der Waals surface area contributed by atoms with Gasteiger partial charge in [0.05, 0.1) is 12.2 Å². The van der Waals surface area contributed by atoms with Crippen LogP contribution in [-0.2, 0) is 4.43 Å². The third-order valence-electron chi connectivity index (χ3n) is 5.68. The van der Waals surface area contributed by atoms with Crippen LogP contribution in [0.25, 0.3) is 0 Å². The van der Waals surface area contributed by atoms with Crippen LogP contribution in [0, 0.1) is 0 Å². The van der Waals surface area contributed by atoms with Crippen molar-refractivity contribution in [1.82, 2.24) is 0 Å². The molecule has 0 aliphatic rings. The summed E-state index contributed by atoms with van der Waals surface area (Å²) in [6.45, 7) is 12.9. The second-order valence-electron chi connectivity index (χ2n) is 8.90. The predicted octanol–water partition coefficient (Wildman–Crippen LogP) is 5.45. The summed E-state index contributed by atoms with van der Waals surface area (Å²) in [6, 6.07) is 21.3. The highest BCUT2D eigenvalue weighted by molar-refractivity contribution is 6.99. The molecule has 2 rings (SSSR count). The smallest absolute Gasteiger partial charge is 0.261 e. The molecule has 0 aliphatic carbocycles. The van der Waals surface area contributed by atoms with Crippen LogP contribution in [-0.4, -0.2) is 25.6 Å². The summed E-state index contributed by atoms with van der Waals surface area (Å²) in [5.74, 6) is 0. The van der Waals surface area contributed by atoms with E-state index in [4.69, 9.17) is 4.43 Å². The van der Waals surface area contributed by atoms with Crippen LogP contribution in [0.4, 0.5) is 0 Å². The molecule has 2 nitrogen and oxygen atoms in total. The summed E-state index contributed by atoms with van der Waals surface area (Å²) in [7, 11) is -2.65. The molecule has 3 heteroatoms. The first-order chi connectivity index (χ1) is 13.9. The van der Waals surface area contributed by atoms with E-state index in [1.54, 1.807) is 0 Å². The van der Waals surface area contributed by atoms with E-state index < -0.39 is 14.4 Å². The Bertz CT molecular complexity index is 682. The molecule has 2 aromatic rings. The highest BCUT2D eigenvalue weighted by Crippen LogP contribution is 2.38. The molecule has 0 radical (unpaired) electrons. The van der Waals surface area contributed by atoms with Crippen LogP contribution >= 0.6 is 0 Å². The molecular formula is C26H38O2Si. The number of hydrogen-bond donors (Lipinski definition) is 1. The second-order valence-corrected chi connectivity index (χ2v) is 13.1. The van der Waals surface area contributed by atoms with Crippen LogP contribution in [0.1, 0.15) is 59.8 Å². The van der Waals surface area contributed by atoms with Crippen molar-refractivity contribution >= 4 is 18.7 Å². The van der Waals surface area contributed by atoms with Gasteiger partial charge in [-0.15, -0.1) is 6.58 Å². The lowest BCUT2D eigenvalue weighted by molar-refractivity contribution is 0.0195. The second kappa shape index (κ2) is 10.9. The van der Waals surface area contributed by atoms with Crippen molar-refractivity contribution in [3.63, 3.8) is 0 Å². The van der Waals surface area contributed by atoms with Gasteiger partial charge in [-0.3, -0.25) is 0 Å². The first-order valence-electron chi connectivity index (χ1n) is 10.9. The van der Waals surface area contributed by atoms with Crippen molar-refractivity contribution in [2.75, 3.05) is 0 Å². The van der Waals surface area contributed by atoms with Crippen molar-refractivity contribution in [3.8, 4) is 0 Å². The SMILES string of the molecule is C=CCC[C@@H](O)[C@@H](CCCC)O[Si](c1ccccc1)(c1ccccc1)C(C)(C)C. The number of hydrogen-bond acceptors (Lipinski definition) is 2. The Morgan fingerprint density at radius 2 is 1.48 bits per heavy atom. The average Bonchev–Trinajstić information content (AvgIpc) is 2.72. The first-order valence-corrected chi connectivity index (χ1v) is 12.9. The van der Waals surface area contributed by atoms with Crippen molar-refractivity contribution < 1.29 is 9.53 Å². The summed E-state index contributed by atoms with van der Waals surface area (Å²) in [6.07, 6.45) is 5.72. The Balaban J connectivity index is 2.59. The topological polar surface area (TPSA) is 29.5 Å². The molecule has 0 aromatic heterocycles. The monoisotopic (exact) mass is 410 g/mol. The standard InChI is InChI=1S/C26H38O2Si/c1-6-8-20-24(27)25(21-9-7-2)28-29(26(3,4)5,22-16-12-10-13-17-22)23-18-14-11-15-19-23/h6,10-19,24-25,27H,1,7-9,20-21H2,2-5H3/t24-,25-/m1/s1. The van der Waals surface area contributed by atoms with Crippen LogP contribution in [0.5, 0.6) is 0 Å². The number of allylic oxidation sites excluding steroid dienone is 1. The molecule has 0 unspecified atom stereocenters. The maximum Gasteiger partial charge on any atom is 0.261 e. The molecule has 0 spiro atoms. The first kappa shape index (κ1) is 23.6. The molecule has 0 aliphatic heterocycles. The maximum absolute atomic E-state index is 11.0.